The maximum absolute atomic E-state index is 5.19. The molecule has 1 aromatic carbocycles. The van der Waals surface area contributed by atoms with E-state index in [0.717, 1.165) is 12.3 Å². The summed E-state index contributed by atoms with van der Waals surface area (Å²) in [5.41, 5.74) is 1.21. The van der Waals surface area contributed by atoms with Crippen LogP contribution in [0, 0.1) is 0 Å². The summed E-state index contributed by atoms with van der Waals surface area (Å²) in [4.78, 5) is 4.01. The molecule has 102 valence electrons. The molecule has 0 saturated carbocycles. The monoisotopic (exact) mass is 260 g/mol. The van der Waals surface area contributed by atoms with Crippen molar-refractivity contribution in [3.63, 3.8) is 0 Å². The minimum absolute atomic E-state index is 0.191. The number of benzene rings is 1. The summed E-state index contributed by atoms with van der Waals surface area (Å²) in [5, 5.41) is 7.71. The Kier molecular flexibility index (Phi) is 4.52. The van der Waals surface area contributed by atoms with Gasteiger partial charge in [0, 0.05) is 0 Å². The van der Waals surface area contributed by atoms with E-state index < -0.39 is 0 Å². The number of ether oxygens (including phenoxy) is 1. The second-order valence-corrected chi connectivity index (χ2v) is 4.42. The van der Waals surface area contributed by atoms with Gasteiger partial charge in [-0.2, -0.15) is 5.10 Å². The fourth-order valence-corrected chi connectivity index (χ4v) is 2.18. The van der Waals surface area contributed by atoms with Crippen LogP contribution in [0.25, 0.3) is 0 Å². The van der Waals surface area contributed by atoms with Crippen LogP contribution in [0.1, 0.15) is 31.5 Å². The standard InChI is InChI=1S/C14H20N4O/c1-4-16-14(11(2)18-10-15-9-17-18)12-5-7-13(19-3)8-6-12/h5-11,14,16H,4H2,1-3H3. The molecule has 0 radical (unpaired) electrons. The summed E-state index contributed by atoms with van der Waals surface area (Å²) < 4.78 is 7.07. The van der Waals surface area contributed by atoms with E-state index >= 15 is 0 Å². The van der Waals surface area contributed by atoms with Crippen LogP contribution < -0.4 is 10.1 Å². The van der Waals surface area contributed by atoms with Crippen LogP contribution >= 0.6 is 0 Å². The van der Waals surface area contributed by atoms with Crippen molar-refractivity contribution in [2.45, 2.75) is 25.9 Å². The van der Waals surface area contributed by atoms with Crippen LogP contribution in [-0.4, -0.2) is 28.4 Å². The molecule has 0 saturated heterocycles. The Hall–Kier alpha value is -1.88. The number of likely N-dealkylation sites (N-methyl/N-ethyl adjacent to an activating group) is 1. The highest BCUT2D eigenvalue weighted by Gasteiger charge is 2.20. The SMILES string of the molecule is CCNC(c1ccc(OC)cc1)C(C)n1cncn1. The van der Waals surface area contributed by atoms with E-state index in [2.05, 4.69) is 41.4 Å². The van der Waals surface area contributed by atoms with Gasteiger partial charge in [-0.15, -0.1) is 0 Å². The third kappa shape index (κ3) is 3.12. The zero-order valence-electron chi connectivity index (χ0n) is 11.6. The van der Waals surface area contributed by atoms with Crippen molar-refractivity contribution in [1.82, 2.24) is 20.1 Å². The Morgan fingerprint density at radius 1 is 1.32 bits per heavy atom. The van der Waals surface area contributed by atoms with Crippen LogP contribution in [-0.2, 0) is 0 Å². The highest BCUT2D eigenvalue weighted by molar-refractivity contribution is 5.29. The van der Waals surface area contributed by atoms with Gasteiger partial charge in [0.05, 0.1) is 19.2 Å². The van der Waals surface area contributed by atoms with E-state index in [1.165, 1.54) is 5.56 Å². The van der Waals surface area contributed by atoms with E-state index in [9.17, 15) is 0 Å². The van der Waals surface area contributed by atoms with Gasteiger partial charge in [0.25, 0.3) is 0 Å². The highest BCUT2D eigenvalue weighted by Crippen LogP contribution is 2.26. The lowest BCUT2D eigenvalue weighted by Gasteiger charge is -2.25. The Labute approximate surface area is 113 Å². The third-order valence-corrected chi connectivity index (χ3v) is 3.24. The highest BCUT2D eigenvalue weighted by atomic mass is 16.5. The molecule has 1 heterocycles. The first-order valence-corrected chi connectivity index (χ1v) is 6.47. The first kappa shape index (κ1) is 13.5. The molecule has 2 unspecified atom stereocenters. The number of rotatable bonds is 6. The summed E-state index contributed by atoms with van der Waals surface area (Å²) >= 11 is 0. The molecule has 2 atom stereocenters. The van der Waals surface area contributed by atoms with E-state index in [0.29, 0.717) is 0 Å². The van der Waals surface area contributed by atoms with Crippen molar-refractivity contribution < 1.29 is 4.74 Å². The summed E-state index contributed by atoms with van der Waals surface area (Å²) in [7, 11) is 1.68. The van der Waals surface area contributed by atoms with Crippen LogP contribution in [0.4, 0.5) is 0 Å². The zero-order valence-corrected chi connectivity index (χ0v) is 11.6. The second-order valence-electron chi connectivity index (χ2n) is 4.42. The average Bonchev–Trinajstić information content (AvgIpc) is 2.98. The van der Waals surface area contributed by atoms with Gasteiger partial charge in [-0.1, -0.05) is 19.1 Å². The van der Waals surface area contributed by atoms with Crippen molar-refractivity contribution in [2.24, 2.45) is 0 Å². The topological polar surface area (TPSA) is 52.0 Å². The first-order valence-electron chi connectivity index (χ1n) is 6.47. The van der Waals surface area contributed by atoms with Crippen LogP contribution in [0.15, 0.2) is 36.9 Å². The Morgan fingerprint density at radius 3 is 2.58 bits per heavy atom. The minimum atomic E-state index is 0.191. The molecule has 2 aromatic rings. The molecule has 0 spiro atoms. The molecule has 1 aromatic heterocycles. The summed E-state index contributed by atoms with van der Waals surface area (Å²) in [6.45, 7) is 5.13. The molecular weight excluding hydrogens is 240 g/mol. The van der Waals surface area contributed by atoms with E-state index in [1.54, 1.807) is 19.8 Å². The van der Waals surface area contributed by atoms with E-state index in [1.807, 2.05) is 16.8 Å². The maximum atomic E-state index is 5.19. The van der Waals surface area contributed by atoms with Crippen molar-refractivity contribution in [3.8, 4) is 5.75 Å². The molecule has 5 nitrogen and oxygen atoms in total. The predicted octanol–water partition coefficient (Wildman–Crippen LogP) is 2.20. The van der Waals surface area contributed by atoms with Crippen molar-refractivity contribution >= 4 is 0 Å². The maximum Gasteiger partial charge on any atom is 0.137 e. The molecule has 19 heavy (non-hydrogen) atoms. The van der Waals surface area contributed by atoms with Gasteiger partial charge >= 0.3 is 0 Å². The molecular formula is C14H20N4O. The van der Waals surface area contributed by atoms with Gasteiger partial charge in [-0.3, -0.25) is 0 Å². The summed E-state index contributed by atoms with van der Waals surface area (Å²) in [5.74, 6) is 0.868. The van der Waals surface area contributed by atoms with E-state index in [-0.39, 0.29) is 12.1 Å². The third-order valence-electron chi connectivity index (χ3n) is 3.24. The Balaban J connectivity index is 2.23. The fourth-order valence-electron chi connectivity index (χ4n) is 2.18. The first-order chi connectivity index (χ1) is 9.26. The van der Waals surface area contributed by atoms with Gasteiger partial charge in [-0.25, -0.2) is 9.67 Å². The normalized spacial score (nSPS) is 14.1. The van der Waals surface area contributed by atoms with Gasteiger partial charge in [-0.05, 0) is 31.2 Å². The lowest BCUT2D eigenvalue weighted by atomic mass is 10.0. The Morgan fingerprint density at radius 2 is 2.05 bits per heavy atom. The van der Waals surface area contributed by atoms with Crippen molar-refractivity contribution in [1.29, 1.82) is 0 Å². The zero-order chi connectivity index (χ0) is 13.7. The number of aromatic nitrogens is 3. The lowest BCUT2D eigenvalue weighted by molar-refractivity contribution is 0.358. The number of nitrogens with one attached hydrogen (secondary N) is 1. The quantitative estimate of drug-likeness (QED) is 0.865. The number of hydrogen-bond donors (Lipinski definition) is 1. The average molecular weight is 260 g/mol. The molecule has 0 bridgehead atoms. The molecule has 0 fully saturated rings. The van der Waals surface area contributed by atoms with Crippen LogP contribution in [0.5, 0.6) is 5.75 Å². The predicted molar refractivity (Wildman–Crippen MR) is 74.1 cm³/mol. The van der Waals surface area contributed by atoms with Crippen LogP contribution in [0.3, 0.4) is 0 Å². The van der Waals surface area contributed by atoms with Crippen LogP contribution in [0.2, 0.25) is 0 Å². The smallest absolute Gasteiger partial charge is 0.137 e. The fraction of sp³-hybridized carbons (Fsp3) is 0.429. The van der Waals surface area contributed by atoms with Gasteiger partial charge in [0.2, 0.25) is 0 Å². The van der Waals surface area contributed by atoms with Gasteiger partial charge in [0.1, 0.15) is 18.4 Å². The number of nitrogens with zero attached hydrogens (tertiary/aromatic N) is 3. The van der Waals surface area contributed by atoms with Crippen molar-refractivity contribution in [2.75, 3.05) is 13.7 Å². The lowest BCUT2D eigenvalue weighted by Crippen LogP contribution is -2.29. The van der Waals surface area contributed by atoms with Gasteiger partial charge in [0.15, 0.2) is 0 Å². The molecule has 1 N–H and O–H groups in total. The number of methoxy groups -OCH3 is 1. The largest absolute Gasteiger partial charge is 0.497 e. The molecule has 0 amide bonds. The molecule has 0 aliphatic carbocycles. The second kappa shape index (κ2) is 6.33. The summed E-state index contributed by atoms with van der Waals surface area (Å²) in [6.07, 6.45) is 3.31. The molecule has 2 rings (SSSR count). The summed E-state index contributed by atoms with van der Waals surface area (Å²) in [6, 6.07) is 8.51. The minimum Gasteiger partial charge on any atom is -0.497 e. The number of hydrogen-bond acceptors (Lipinski definition) is 4. The van der Waals surface area contributed by atoms with E-state index in [4.69, 9.17) is 4.74 Å². The molecule has 5 heteroatoms. The molecule has 0 aliphatic heterocycles. The molecule has 0 aliphatic rings. The van der Waals surface area contributed by atoms with Gasteiger partial charge < -0.3 is 10.1 Å². The van der Waals surface area contributed by atoms with Crippen molar-refractivity contribution in [3.05, 3.63) is 42.5 Å². The Bertz CT molecular complexity index is 481.